The zero-order valence-electron chi connectivity index (χ0n) is 11.5. The van der Waals surface area contributed by atoms with E-state index in [9.17, 15) is 17.6 Å². The molecule has 0 unspecified atom stereocenters. The minimum absolute atomic E-state index is 0.111. The Kier molecular flexibility index (Phi) is 3.63. The van der Waals surface area contributed by atoms with Crippen molar-refractivity contribution < 1.29 is 22.3 Å². The van der Waals surface area contributed by atoms with Crippen LogP contribution in [0.5, 0.6) is 0 Å². The number of morpholine rings is 1. The van der Waals surface area contributed by atoms with Crippen LogP contribution in [0, 0.1) is 5.82 Å². The lowest BCUT2D eigenvalue weighted by Gasteiger charge is -2.26. The van der Waals surface area contributed by atoms with Crippen LogP contribution in [-0.2, 0) is 14.8 Å². The van der Waals surface area contributed by atoms with Crippen LogP contribution in [0.15, 0.2) is 23.1 Å². The molecule has 1 aromatic heterocycles. The van der Waals surface area contributed by atoms with E-state index in [1.54, 1.807) is 0 Å². The predicted octanol–water partition coefficient (Wildman–Crippen LogP) is 0.427. The molecule has 118 valence electrons. The van der Waals surface area contributed by atoms with Gasteiger partial charge in [0, 0.05) is 24.0 Å². The molecular weight excluding hydrogens is 313 g/mol. The van der Waals surface area contributed by atoms with Gasteiger partial charge in [0.05, 0.1) is 13.2 Å². The number of carbonyl (C=O) groups is 1. The van der Waals surface area contributed by atoms with Gasteiger partial charge in [0.15, 0.2) is 0 Å². The van der Waals surface area contributed by atoms with Gasteiger partial charge in [-0.3, -0.25) is 4.79 Å². The standard InChI is InChI=1S/C13H14FN3O4S/c14-8-1-2-10-9(7-8)12(11(16-10)13(15)18)22(19,20)17-3-5-21-6-4-17/h1-2,7,16H,3-6H2,(H2,15,18). The molecule has 0 saturated carbocycles. The SMILES string of the molecule is NC(=O)c1[nH]c2ccc(F)cc2c1S(=O)(=O)N1CCOCC1. The molecule has 0 spiro atoms. The number of hydrogen-bond acceptors (Lipinski definition) is 4. The van der Waals surface area contributed by atoms with E-state index >= 15 is 0 Å². The molecule has 1 aliphatic rings. The number of nitrogens with zero attached hydrogens (tertiary/aromatic N) is 1. The van der Waals surface area contributed by atoms with E-state index in [1.165, 1.54) is 16.4 Å². The van der Waals surface area contributed by atoms with Crippen molar-refractivity contribution in [3.63, 3.8) is 0 Å². The number of sulfonamides is 1. The number of carbonyl (C=O) groups excluding carboxylic acids is 1. The Hall–Kier alpha value is -1.97. The maximum atomic E-state index is 13.5. The summed E-state index contributed by atoms with van der Waals surface area (Å²) in [6.07, 6.45) is 0. The number of hydrogen-bond donors (Lipinski definition) is 2. The van der Waals surface area contributed by atoms with Gasteiger partial charge in [-0.1, -0.05) is 0 Å². The third-order valence-corrected chi connectivity index (χ3v) is 5.51. The van der Waals surface area contributed by atoms with Gasteiger partial charge in [0.2, 0.25) is 10.0 Å². The highest BCUT2D eigenvalue weighted by Crippen LogP contribution is 2.30. The van der Waals surface area contributed by atoms with E-state index in [0.717, 1.165) is 6.07 Å². The van der Waals surface area contributed by atoms with Gasteiger partial charge < -0.3 is 15.5 Å². The number of nitrogens with one attached hydrogen (secondary N) is 1. The van der Waals surface area contributed by atoms with Crippen molar-refractivity contribution in [2.75, 3.05) is 26.3 Å². The van der Waals surface area contributed by atoms with Gasteiger partial charge in [-0.15, -0.1) is 0 Å². The van der Waals surface area contributed by atoms with E-state index in [1.807, 2.05) is 0 Å². The van der Waals surface area contributed by atoms with Gasteiger partial charge in [-0.25, -0.2) is 12.8 Å². The summed E-state index contributed by atoms with van der Waals surface area (Å²) < 4.78 is 45.5. The number of fused-ring (bicyclic) bond motifs is 1. The molecule has 0 aliphatic carbocycles. The molecule has 3 rings (SSSR count). The lowest BCUT2D eigenvalue weighted by Crippen LogP contribution is -2.41. The first-order chi connectivity index (χ1) is 10.4. The van der Waals surface area contributed by atoms with Gasteiger partial charge in [-0.05, 0) is 18.2 Å². The van der Waals surface area contributed by atoms with Crippen LogP contribution >= 0.6 is 0 Å². The Bertz CT molecular complexity index is 840. The topological polar surface area (TPSA) is 105 Å². The van der Waals surface area contributed by atoms with E-state index in [0.29, 0.717) is 5.52 Å². The summed E-state index contributed by atoms with van der Waals surface area (Å²) in [6.45, 7) is 0.870. The number of halogens is 1. The minimum Gasteiger partial charge on any atom is -0.379 e. The Morgan fingerprint density at radius 2 is 2.00 bits per heavy atom. The lowest BCUT2D eigenvalue weighted by molar-refractivity contribution is 0.0730. The van der Waals surface area contributed by atoms with Crippen LogP contribution in [0.2, 0.25) is 0 Å². The highest BCUT2D eigenvalue weighted by atomic mass is 32.2. The molecule has 1 aromatic carbocycles. The summed E-state index contributed by atoms with van der Waals surface area (Å²) in [5, 5.41) is 0.111. The van der Waals surface area contributed by atoms with Crippen LogP contribution in [0.3, 0.4) is 0 Å². The number of ether oxygens (including phenoxy) is 1. The highest BCUT2D eigenvalue weighted by Gasteiger charge is 2.33. The summed E-state index contributed by atoms with van der Waals surface area (Å²) >= 11 is 0. The molecule has 0 atom stereocenters. The highest BCUT2D eigenvalue weighted by molar-refractivity contribution is 7.89. The van der Waals surface area contributed by atoms with Crippen molar-refractivity contribution in [2.24, 2.45) is 5.73 Å². The second-order valence-corrected chi connectivity index (χ2v) is 6.77. The van der Waals surface area contributed by atoms with E-state index in [2.05, 4.69) is 4.98 Å². The number of nitrogens with two attached hydrogens (primary N) is 1. The van der Waals surface area contributed by atoms with Crippen molar-refractivity contribution in [3.8, 4) is 0 Å². The predicted molar refractivity (Wildman–Crippen MR) is 76.4 cm³/mol. The normalized spacial score (nSPS) is 17.0. The van der Waals surface area contributed by atoms with Crippen molar-refractivity contribution in [3.05, 3.63) is 29.7 Å². The fourth-order valence-electron chi connectivity index (χ4n) is 2.50. The number of rotatable bonds is 3. The van der Waals surface area contributed by atoms with E-state index in [-0.39, 0.29) is 42.3 Å². The first kappa shape index (κ1) is 14.9. The molecule has 0 radical (unpaired) electrons. The van der Waals surface area contributed by atoms with Crippen LogP contribution in [0.4, 0.5) is 4.39 Å². The molecule has 1 fully saturated rings. The zero-order valence-corrected chi connectivity index (χ0v) is 12.3. The Morgan fingerprint density at radius 3 is 2.64 bits per heavy atom. The first-order valence-electron chi connectivity index (χ1n) is 6.60. The number of benzene rings is 1. The zero-order chi connectivity index (χ0) is 15.9. The summed E-state index contributed by atoms with van der Waals surface area (Å²) in [6, 6.07) is 3.62. The number of H-pyrrole nitrogens is 1. The van der Waals surface area contributed by atoms with E-state index < -0.39 is 21.7 Å². The number of amides is 1. The fraction of sp³-hybridized carbons (Fsp3) is 0.308. The van der Waals surface area contributed by atoms with Gasteiger partial charge >= 0.3 is 0 Å². The maximum Gasteiger partial charge on any atom is 0.266 e. The van der Waals surface area contributed by atoms with Crippen molar-refractivity contribution in [1.82, 2.24) is 9.29 Å². The van der Waals surface area contributed by atoms with Crippen LogP contribution in [0.1, 0.15) is 10.5 Å². The molecule has 22 heavy (non-hydrogen) atoms. The largest absolute Gasteiger partial charge is 0.379 e. The third-order valence-electron chi connectivity index (χ3n) is 3.53. The van der Waals surface area contributed by atoms with Gasteiger partial charge in [0.25, 0.3) is 5.91 Å². The summed E-state index contributed by atoms with van der Waals surface area (Å²) in [5.41, 5.74) is 5.36. The van der Waals surface area contributed by atoms with E-state index in [4.69, 9.17) is 10.5 Å². The maximum absolute atomic E-state index is 13.5. The number of aromatic amines is 1. The molecule has 2 heterocycles. The average molecular weight is 327 g/mol. The van der Waals surface area contributed by atoms with Crippen LogP contribution < -0.4 is 5.73 Å². The Morgan fingerprint density at radius 1 is 1.32 bits per heavy atom. The van der Waals surface area contributed by atoms with Gasteiger partial charge in [0.1, 0.15) is 16.4 Å². The fourth-order valence-corrected chi connectivity index (χ4v) is 4.24. The Labute approximate surface area is 125 Å². The summed E-state index contributed by atoms with van der Waals surface area (Å²) in [4.78, 5) is 14.0. The summed E-state index contributed by atoms with van der Waals surface area (Å²) in [7, 11) is -3.98. The van der Waals surface area contributed by atoms with Crippen LogP contribution in [-0.4, -0.2) is 49.9 Å². The molecule has 3 N–H and O–H groups in total. The summed E-state index contributed by atoms with van der Waals surface area (Å²) in [5.74, 6) is -1.51. The second kappa shape index (κ2) is 5.34. The minimum atomic E-state index is -3.98. The van der Waals surface area contributed by atoms with Crippen molar-refractivity contribution in [2.45, 2.75) is 4.90 Å². The molecule has 1 aliphatic heterocycles. The molecule has 2 aromatic rings. The second-order valence-electron chi connectivity index (χ2n) is 4.90. The molecule has 7 nitrogen and oxygen atoms in total. The molecule has 0 bridgehead atoms. The number of primary amides is 1. The molecule has 1 saturated heterocycles. The lowest BCUT2D eigenvalue weighted by atomic mass is 10.2. The van der Waals surface area contributed by atoms with Crippen LogP contribution in [0.25, 0.3) is 10.9 Å². The molecule has 9 heteroatoms. The third kappa shape index (κ3) is 2.36. The van der Waals surface area contributed by atoms with Crippen molar-refractivity contribution in [1.29, 1.82) is 0 Å². The average Bonchev–Trinajstić information content (AvgIpc) is 2.87. The smallest absolute Gasteiger partial charge is 0.266 e. The quantitative estimate of drug-likeness (QED) is 0.852. The first-order valence-corrected chi connectivity index (χ1v) is 8.04. The van der Waals surface area contributed by atoms with Crippen molar-refractivity contribution >= 4 is 26.8 Å². The monoisotopic (exact) mass is 327 g/mol. The number of aromatic nitrogens is 1. The molecular formula is C13H14FN3O4S. The Balaban J connectivity index is 2.25. The molecule has 1 amide bonds. The van der Waals surface area contributed by atoms with Gasteiger partial charge in [-0.2, -0.15) is 4.31 Å².